The second-order valence-corrected chi connectivity index (χ2v) is 4.88. The highest BCUT2D eigenvalue weighted by atomic mass is 35.5. The van der Waals surface area contributed by atoms with E-state index in [4.69, 9.17) is 11.6 Å². The zero-order valence-electron chi connectivity index (χ0n) is 10.00. The summed E-state index contributed by atoms with van der Waals surface area (Å²) in [5, 5.41) is 11.2. The Hall–Kier alpha value is -1.48. The number of rotatable bonds is 4. The van der Waals surface area contributed by atoms with Crippen LogP contribution in [0, 0.1) is 5.92 Å². The molecule has 0 aliphatic heterocycles. The molecule has 2 N–H and O–H groups in total. The molecule has 0 saturated heterocycles. The average molecular weight is 250 g/mol. The number of halogens is 1. The van der Waals surface area contributed by atoms with Crippen molar-refractivity contribution in [3.8, 4) is 11.3 Å². The van der Waals surface area contributed by atoms with E-state index in [-0.39, 0.29) is 0 Å². The van der Waals surface area contributed by atoms with Crippen molar-refractivity contribution >= 4 is 17.4 Å². The number of nitrogens with one attached hydrogen (secondary N) is 2. The van der Waals surface area contributed by atoms with Gasteiger partial charge in [-0.25, -0.2) is 0 Å². The highest BCUT2D eigenvalue weighted by Crippen LogP contribution is 2.21. The van der Waals surface area contributed by atoms with Gasteiger partial charge in [0.25, 0.3) is 0 Å². The average Bonchev–Trinajstić information content (AvgIpc) is 2.76. The van der Waals surface area contributed by atoms with Crippen molar-refractivity contribution in [1.82, 2.24) is 10.2 Å². The van der Waals surface area contributed by atoms with Crippen LogP contribution in [0.25, 0.3) is 11.3 Å². The summed E-state index contributed by atoms with van der Waals surface area (Å²) < 4.78 is 0. The molecule has 90 valence electrons. The minimum absolute atomic E-state index is 0.602. The zero-order chi connectivity index (χ0) is 12.3. The lowest BCUT2D eigenvalue weighted by Gasteiger charge is -2.04. The van der Waals surface area contributed by atoms with Crippen LogP contribution in [-0.4, -0.2) is 16.7 Å². The molecular weight excluding hydrogens is 234 g/mol. The lowest BCUT2D eigenvalue weighted by molar-refractivity contribution is 0.687. The molecule has 0 fully saturated rings. The standard InChI is InChI=1S/C13H16ClN3/c1-9(2)8-15-13-7-12(16-17-13)10-3-5-11(14)6-4-10/h3-7,9H,8H2,1-2H3,(H2,15,16,17). The van der Waals surface area contributed by atoms with Gasteiger partial charge in [-0.2, -0.15) is 5.10 Å². The summed E-state index contributed by atoms with van der Waals surface area (Å²) in [6.07, 6.45) is 0. The van der Waals surface area contributed by atoms with Gasteiger partial charge in [0, 0.05) is 17.6 Å². The van der Waals surface area contributed by atoms with Crippen LogP contribution in [0.1, 0.15) is 13.8 Å². The summed E-state index contributed by atoms with van der Waals surface area (Å²) in [7, 11) is 0. The number of benzene rings is 1. The normalized spacial score (nSPS) is 10.8. The topological polar surface area (TPSA) is 40.7 Å². The molecule has 0 spiro atoms. The predicted molar refractivity (Wildman–Crippen MR) is 72.4 cm³/mol. The molecular formula is C13H16ClN3. The quantitative estimate of drug-likeness (QED) is 0.865. The van der Waals surface area contributed by atoms with E-state index in [1.54, 1.807) is 0 Å². The van der Waals surface area contributed by atoms with E-state index in [1.807, 2.05) is 30.3 Å². The smallest absolute Gasteiger partial charge is 0.148 e. The molecule has 0 aliphatic carbocycles. The van der Waals surface area contributed by atoms with Crippen LogP contribution in [0.5, 0.6) is 0 Å². The molecule has 2 rings (SSSR count). The van der Waals surface area contributed by atoms with Crippen LogP contribution in [0.2, 0.25) is 5.02 Å². The Bertz CT molecular complexity index is 474. The Balaban J connectivity index is 2.10. The SMILES string of the molecule is CC(C)CNc1cc(-c2ccc(Cl)cc2)[nH]n1. The van der Waals surface area contributed by atoms with Gasteiger partial charge >= 0.3 is 0 Å². The molecule has 0 saturated carbocycles. The molecule has 0 unspecified atom stereocenters. The Labute approximate surface area is 106 Å². The molecule has 17 heavy (non-hydrogen) atoms. The van der Waals surface area contributed by atoms with Crippen molar-refractivity contribution < 1.29 is 0 Å². The molecule has 0 aliphatic rings. The molecule has 0 bridgehead atoms. The first-order valence-electron chi connectivity index (χ1n) is 5.70. The number of aromatic nitrogens is 2. The highest BCUT2D eigenvalue weighted by Gasteiger charge is 2.03. The maximum Gasteiger partial charge on any atom is 0.148 e. The zero-order valence-corrected chi connectivity index (χ0v) is 10.8. The summed E-state index contributed by atoms with van der Waals surface area (Å²) in [5.74, 6) is 1.48. The fourth-order valence-corrected chi connectivity index (χ4v) is 1.62. The first-order chi connectivity index (χ1) is 8.15. The summed E-state index contributed by atoms with van der Waals surface area (Å²) in [4.78, 5) is 0. The molecule has 2 aromatic rings. The van der Waals surface area contributed by atoms with E-state index in [1.165, 1.54) is 0 Å². The van der Waals surface area contributed by atoms with Gasteiger partial charge in [0.15, 0.2) is 0 Å². The van der Waals surface area contributed by atoms with Gasteiger partial charge < -0.3 is 5.32 Å². The molecule has 3 nitrogen and oxygen atoms in total. The highest BCUT2D eigenvalue weighted by molar-refractivity contribution is 6.30. The molecule has 4 heteroatoms. The number of H-pyrrole nitrogens is 1. The Morgan fingerprint density at radius 3 is 2.65 bits per heavy atom. The number of anilines is 1. The van der Waals surface area contributed by atoms with E-state index in [9.17, 15) is 0 Å². The van der Waals surface area contributed by atoms with E-state index in [0.717, 1.165) is 28.6 Å². The van der Waals surface area contributed by atoms with Gasteiger partial charge in [0.1, 0.15) is 5.82 Å². The van der Waals surface area contributed by atoms with Crippen LogP contribution < -0.4 is 5.32 Å². The third kappa shape index (κ3) is 3.24. The maximum absolute atomic E-state index is 5.85. The van der Waals surface area contributed by atoms with Crippen molar-refractivity contribution in [2.45, 2.75) is 13.8 Å². The van der Waals surface area contributed by atoms with Gasteiger partial charge in [0.2, 0.25) is 0 Å². The van der Waals surface area contributed by atoms with Crippen molar-refractivity contribution in [1.29, 1.82) is 0 Å². The van der Waals surface area contributed by atoms with E-state index in [0.29, 0.717) is 5.92 Å². The molecule has 0 atom stereocenters. The first-order valence-corrected chi connectivity index (χ1v) is 6.08. The van der Waals surface area contributed by atoms with Crippen LogP contribution in [0.15, 0.2) is 30.3 Å². The maximum atomic E-state index is 5.85. The van der Waals surface area contributed by atoms with E-state index in [2.05, 4.69) is 29.4 Å². The number of aromatic amines is 1. The van der Waals surface area contributed by atoms with E-state index < -0.39 is 0 Å². The van der Waals surface area contributed by atoms with Crippen molar-refractivity contribution in [2.75, 3.05) is 11.9 Å². The monoisotopic (exact) mass is 249 g/mol. The van der Waals surface area contributed by atoms with Gasteiger partial charge in [-0.1, -0.05) is 37.6 Å². The second kappa shape index (κ2) is 5.23. The minimum atomic E-state index is 0.602. The fraction of sp³-hybridized carbons (Fsp3) is 0.308. The lowest BCUT2D eigenvalue weighted by Crippen LogP contribution is -2.07. The molecule has 1 aromatic carbocycles. The van der Waals surface area contributed by atoms with Crippen molar-refractivity contribution in [2.24, 2.45) is 5.92 Å². The van der Waals surface area contributed by atoms with Crippen LogP contribution in [0.3, 0.4) is 0 Å². The van der Waals surface area contributed by atoms with E-state index >= 15 is 0 Å². The Kier molecular flexibility index (Phi) is 3.69. The predicted octanol–water partition coefficient (Wildman–Crippen LogP) is 3.80. The first kappa shape index (κ1) is 12.0. The minimum Gasteiger partial charge on any atom is -0.368 e. The van der Waals surface area contributed by atoms with Crippen molar-refractivity contribution in [3.63, 3.8) is 0 Å². The largest absolute Gasteiger partial charge is 0.368 e. The Morgan fingerprint density at radius 1 is 1.29 bits per heavy atom. The van der Waals surface area contributed by atoms with Crippen LogP contribution in [0.4, 0.5) is 5.82 Å². The van der Waals surface area contributed by atoms with Crippen LogP contribution in [-0.2, 0) is 0 Å². The number of hydrogen-bond acceptors (Lipinski definition) is 2. The second-order valence-electron chi connectivity index (χ2n) is 4.45. The summed E-state index contributed by atoms with van der Waals surface area (Å²) in [6, 6.07) is 9.70. The third-order valence-corrected chi connectivity index (χ3v) is 2.68. The van der Waals surface area contributed by atoms with Gasteiger partial charge in [-0.15, -0.1) is 0 Å². The van der Waals surface area contributed by atoms with Gasteiger partial charge in [-0.3, -0.25) is 5.10 Å². The molecule has 1 heterocycles. The fourth-order valence-electron chi connectivity index (χ4n) is 1.50. The van der Waals surface area contributed by atoms with Crippen LogP contribution >= 0.6 is 11.6 Å². The number of hydrogen-bond donors (Lipinski definition) is 2. The molecule has 1 aromatic heterocycles. The summed E-state index contributed by atoms with van der Waals surface area (Å²) in [5.41, 5.74) is 2.08. The lowest BCUT2D eigenvalue weighted by atomic mass is 10.1. The Morgan fingerprint density at radius 2 is 2.00 bits per heavy atom. The van der Waals surface area contributed by atoms with Crippen molar-refractivity contribution in [3.05, 3.63) is 35.4 Å². The molecule has 0 radical (unpaired) electrons. The molecule has 0 amide bonds. The summed E-state index contributed by atoms with van der Waals surface area (Å²) in [6.45, 7) is 5.25. The summed E-state index contributed by atoms with van der Waals surface area (Å²) >= 11 is 5.85. The number of nitrogens with zero attached hydrogens (tertiary/aromatic N) is 1. The third-order valence-electron chi connectivity index (χ3n) is 2.42. The van der Waals surface area contributed by atoms with Gasteiger partial charge in [0.05, 0.1) is 5.69 Å². The van der Waals surface area contributed by atoms with Gasteiger partial charge in [-0.05, 0) is 23.6 Å².